The number of aromatic nitrogens is 6. The summed E-state index contributed by atoms with van der Waals surface area (Å²) in [6.45, 7) is 8.74. The number of rotatable bonds is 4. The van der Waals surface area contributed by atoms with Crippen LogP contribution in [0, 0.1) is 0 Å². The van der Waals surface area contributed by atoms with Gasteiger partial charge in [-0.3, -0.25) is 4.39 Å². The van der Waals surface area contributed by atoms with E-state index in [1.165, 1.54) is 49.1 Å². The number of hydrogen-bond donors (Lipinski definition) is 0. The second kappa shape index (κ2) is 14.0. The predicted molar refractivity (Wildman–Crippen MR) is 224 cm³/mol. The van der Waals surface area contributed by atoms with Crippen LogP contribution in [0.4, 0.5) is 4.39 Å². The molecule has 0 atom stereocenters. The van der Waals surface area contributed by atoms with E-state index in [-0.39, 0.29) is 0 Å². The summed E-state index contributed by atoms with van der Waals surface area (Å²) in [5.41, 5.74) is 11.5. The summed E-state index contributed by atoms with van der Waals surface area (Å²) >= 11 is 3.65. The second-order valence-electron chi connectivity index (χ2n) is 13.6. The van der Waals surface area contributed by atoms with E-state index in [0.29, 0.717) is 12.1 Å². The standard InChI is InChI=1S/C22H18BrN3.C22H19N3.CH3F/c1-14(2)25-19-12-7-13-20(21(19)24-22(25)23)26-17-10-5-3-8-15(17)16-9-4-6-11-18(16)26;1-15(2)24-14-23-22-20(24)12-7-13-21(22)25-18-10-5-3-8-16(18)17-9-4-6-11-19(17)25;1-2/h3-14H,1-2H3;3-15H,1-2H3;1H3/i;;1D. The van der Waals surface area contributed by atoms with Gasteiger partial charge in [0.25, 0.3) is 0 Å². The van der Waals surface area contributed by atoms with Gasteiger partial charge in [-0.2, -0.15) is 0 Å². The van der Waals surface area contributed by atoms with Crippen molar-refractivity contribution in [2.24, 2.45) is 0 Å². The Balaban J connectivity index is 0.000000143. The third kappa shape index (κ3) is 5.60. The Hall–Kier alpha value is -5.73. The molecule has 0 unspecified atom stereocenters. The lowest BCUT2D eigenvalue weighted by atomic mass is 10.2. The topological polar surface area (TPSA) is 45.5 Å². The Labute approximate surface area is 317 Å². The smallest absolute Gasteiger partial charge is 0.178 e. The van der Waals surface area contributed by atoms with Gasteiger partial charge in [0.15, 0.2) is 4.73 Å². The van der Waals surface area contributed by atoms with E-state index in [1.807, 2.05) is 6.33 Å². The number of imidazole rings is 2. The van der Waals surface area contributed by atoms with Crippen molar-refractivity contribution in [2.45, 2.75) is 39.8 Å². The summed E-state index contributed by atoms with van der Waals surface area (Å²) < 4.78 is 25.5. The van der Waals surface area contributed by atoms with Gasteiger partial charge in [0, 0.05) is 33.6 Å². The summed E-state index contributed by atoms with van der Waals surface area (Å²) in [6, 6.07) is 47.9. The van der Waals surface area contributed by atoms with Crippen molar-refractivity contribution in [1.29, 1.82) is 0 Å². The predicted octanol–water partition coefficient (Wildman–Crippen LogP) is 12.8. The van der Waals surface area contributed by atoms with Crippen LogP contribution in [0.1, 0.15) is 41.1 Å². The average molecular weight is 765 g/mol. The zero-order valence-corrected chi connectivity index (χ0v) is 31.7. The highest BCUT2D eigenvalue weighted by Gasteiger charge is 2.19. The second-order valence-corrected chi connectivity index (χ2v) is 14.3. The van der Waals surface area contributed by atoms with Gasteiger partial charge in [0.05, 0.1) is 59.3 Å². The highest BCUT2D eigenvalue weighted by Crippen LogP contribution is 2.37. The molecule has 0 aliphatic heterocycles. The lowest BCUT2D eigenvalue weighted by Gasteiger charge is -2.11. The normalized spacial score (nSPS) is 11.9. The Bertz CT molecular complexity index is 2830. The lowest BCUT2D eigenvalue weighted by molar-refractivity contribution is 0.604. The summed E-state index contributed by atoms with van der Waals surface area (Å²) in [5.74, 6) is 0. The molecule has 264 valence electrons. The van der Waals surface area contributed by atoms with E-state index in [1.54, 1.807) is 0 Å². The summed E-state index contributed by atoms with van der Waals surface area (Å²) in [4.78, 5) is 9.61. The molecule has 8 heteroatoms. The molecule has 53 heavy (non-hydrogen) atoms. The monoisotopic (exact) mass is 763 g/mol. The fraction of sp³-hybridized carbons (Fsp3) is 0.156. The number of halogens is 2. The number of para-hydroxylation sites is 6. The molecule has 4 heterocycles. The van der Waals surface area contributed by atoms with Gasteiger partial charge < -0.3 is 18.3 Å². The molecule has 10 rings (SSSR count). The zero-order valence-electron chi connectivity index (χ0n) is 31.1. The maximum absolute atomic E-state index is 9.96. The fourth-order valence-corrected chi connectivity index (χ4v) is 8.52. The molecule has 4 aromatic heterocycles. The van der Waals surface area contributed by atoms with Crippen LogP contribution in [0.25, 0.3) is 77.1 Å². The minimum absolute atomic E-state index is 0.336. The molecule has 0 spiro atoms. The first-order chi connectivity index (χ1) is 26.3. The molecule has 0 aliphatic carbocycles. The van der Waals surface area contributed by atoms with Crippen molar-refractivity contribution < 1.29 is 5.76 Å². The van der Waals surface area contributed by atoms with E-state index >= 15 is 0 Å². The summed E-state index contributed by atoms with van der Waals surface area (Å²) in [5, 5.41) is 5.08. The van der Waals surface area contributed by atoms with Crippen LogP contribution in [0.3, 0.4) is 0 Å². The Morgan fingerprint density at radius 1 is 0.528 bits per heavy atom. The van der Waals surface area contributed by atoms with E-state index < -0.39 is 7.15 Å². The Kier molecular flexibility index (Phi) is 8.76. The van der Waals surface area contributed by atoms with E-state index in [0.717, 1.165) is 32.7 Å². The molecule has 0 N–H and O–H groups in total. The van der Waals surface area contributed by atoms with Gasteiger partial charge >= 0.3 is 0 Å². The molecule has 6 aromatic carbocycles. The largest absolute Gasteiger partial charge is 0.328 e. The summed E-state index contributed by atoms with van der Waals surface area (Å²) in [7, 11) is -1.00. The molecule has 0 amide bonds. The maximum atomic E-state index is 9.96. The highest BCUT2D eigenvalue weighted by molar-refractivity contribution is 9.10. The minimum Gasteiger partial charge on any atom is -0.328 e. The van der Waals surface area contributed by atoms with Gasteiger partial charge in [0.1, 0.15) is 11.0 Å². The first kappa shape index (κ1) is 33.1. The SMILES string of the molecule is CC(C)n1c(Br)nc2c(-n3c4ccccc4c4ccccc43)cccc21.CC(C)n1cnc2c(-n3c4ccccc4c4ccccc43)cccc21.[2H]CF. The van der Waals surface area contributed by atoms with Crippen LogP contribution in [-0.2, 0) is 0 Å². The van der Waals surface area contributed by atoms with Crippen molar-refractivity contribution in [3.05, 3.63) is 145 Å². The van der Waals surface area contributed by atoms with Crippen LogP contribution in [0.5, 0.6) is 0 Å². The van der Waals surface area contributed by atoms with Crippen molar-refractivity contribution >= 4 is 81.6 Å². The van der Waals surface area contributed by atoms with Crippen LogP contribution in [-0.4, -0.2) is 35.4 Å². The average Bonchev–Trinajstić information content (AvgIpc) is 3.94. The van der Waals surface area contributed by atoms with E-state index in [4.69, 9.17) is 11.3 Å². The van der Waals surface area contributed by atoms with Crippen LogP contribution in [0.15, 0.2) is 145 Å². The van der Waals surface area contributed by atoms with Crippen molar-refractivity contribution in [2.75, 3.05) is 7.15 Å². The maximum Gasteiger partial charge on any atom is 0.178 e. The molecular weight excluding hydrogens is 723 g/mol. The fourth-order valence-electron chi connectivity index (χ4n) is 7.74. The van der Waals surface area contributed by atoms with Gasteiger partial charge in [-0.15, -0.1) is 0 Å². The highest BCUT2D eigenvalue weighted by atomic mass is 79.9. The molecular formula is C45H40BrFN6. The number of fused-ring (bicyclic) bond motifs is 8. The molecule has 0 saturated heterocycles. The Morgan fingerprint density at radius 3 is 1.36 bits per heavy atom. The Morgan fingerprint density at radius 2 is 0.925 bits per heavy atom. The van der Waals surface area contributed by atoms with E-state index in [2.05, 4.69) is 195 Å². The van der Waals surface area contributed by atoms with Crippen LogP contribution < -0.4 is 0 Å². The van der Waals surface area contributed by atoms with Crippen molar-refractivity contribution in [3.63, 3.8) is 0 Å². The zero-order chi connectivity index (χ0) is 37.5. The molecule has 0 fully saturated rings. The molecule has 6 nitrogen and oxygen atoms in total. The number of hydrogen-bond acceptors (Lipinski definition) is 2. The molecule has 0 bridgehead atoms. The minimum atomic E-state index is -1.00. The number of nitrogens with zero attached hydrogens (tertiary/aromatic N) is 6. The summed E-state index contributed by atoms with van der Waals surface area (Å²) in [6.07, 6.45) is 1.95. The lowest BCUT2D eigenvalue weighted by Crippen LogP contribution is -2.00. The molecule has 0 saturated carbocycles. The third-order valence-electron chi connectivity index (χ3n) is 9.95. The first-order valence-electron chi connectivity index (χ1n) is 18.5. The van der Waals surface area contributed by atoms with E-state index in [9.17, 15) is 4.39 Å². The quantitative estimate of drug-likeness (QED) is 0.179. The molecule has 0 aliphatic rings. The van der Waals surface area contributed by atoms with Crippen molar-refractivity contribution in [3.8, 4) is 11.4 Å². The van der Waals surface area contributed by atoms with Crippen LogP contribution in [0.2, 0.25) is 0 Å². The molecule has 10 aromatic rings. The van der Waals surface area contributed by atoms with Gasteiger partial charge in [-0.25, -0.2) is 9.97 Å². The van der Waals surface area contributed by atoms with Crippen LogP contribution >= 0.6 is 15.9 Å². The number of benzene rings is 6. The van der Waals surface area contributed by atoms with Gasteiger partial charge in [-0.1, -0.05) is 84.9 Å². The van der Waals surface area contributed by atoms with Gasteiger partial charge in [-0.05, 0) is 92.2 Å². The third-order valence-corrected chi connectivity index (χ3v) is 10.5. The first-order valence-corrected chi connectivity index (χ1v) is 18.6. The molecule has 0 radical (unpaired) electrons. The van der Waals surface area contributed by atoms with Gasteiger partial charge in [0.2, 0.25) is 0 Å². The van der Waals surface area contributed by atoms with Crippen molar-refractivity contribution in [1.82, 2.24) is 28.2 Å². The number of alkyl halides is 1.